The fourth-order valence-electron chi connectivity index (χ4n) is 2.67. The van der Waals surface area contributed by atoms with Gasteiger partial charge in [0.05, 0.1) is 11.6 Å². The van der Waals surface area contributed by atoms with E-state index in [2.05, 4.69) is 10.6 Å². The Morgan fingerprint density at radius 1 is 1.27 bits per heavy atom. The molecule has 1 unspecified atom stereocenters. The maximum Gasteiger partial charge on any atom is 0.322 e. The van der Waals surface area contributed by atoms with Gasteiger partial charge in [-0.3, -0.25) is 4.79 Å². The van der Waals surface area contributed by atoms with Gasteiger partial charge in [-0.1, -0.05) is 6.07 Å². The summed E-state index contributed by atoms with van der Waals surface area (Å²) in [6, 6.07) is 8.40. The number of nitrogens with one attached hydrogen (secondary N) is 2. The highest BCUT2D eigenvalue weighted by Gasteiger charge is 2.36. The molecule has 2 aliphatic rings. The number of likely N-dealkylation sites (tertiary alicyclic amines) is 1. The predicted octanol–water partition coefficient (Wildman–Crippen LogP) is 1.83. The maximum atomic E-state index is 12.4. The number of urea groups is 1. The van der Waals surface area contributed by atoms with Gasteiger partial charge in [-0.2, -0.15) is 5.26 Å². The first-order chi connectivity index (χ1) is 10.7. The first-order valence-electron chi connectivity index (χ1n) is 7.55. The van der Waals surface area contributed by atoms with Crippen molar-refractivity contribution in [2.24, 2.45) is 0 Å². The van der Waals surface area contributed by atoms with Gasteiger partial charge in [0.25, 0.3) is 0 Å². The second-order valence-corrected chi connectivity index (χ2v) is 5.76. The number of anilines is 1. The summed E-state index contributed by atoms with van der Waals surface area (Å²) in [7, 11) is 0. The summed E-state index contributed by atoms with van der Waals surface area (Å²) in [4.78, 5) is 26.2. The Kier molecular flexibility index (Phi) is 3.96. The number of amides is 3. The minimum atomic E-state index is -0.389. The molecule has 0 bridgehead atoms. The molecule has 1 aliphatic carbocycles. The number of benzene rings is 1. The average Bonchev–Trinajstić information content (AvgIpc) is 3.18. The summed E-state index contributed by atoms with van der Waals surface area (Å²) in [5, 5.41) is 14.6. The summed E-state index contributed by atoms with van der Waals surface area (Å²) >= 11 is 0. The van der Waals surface area contributed by atoms with Gasteiger partial charge >= 0.3 is 6.03 Å². The third-order valence-corrected chi connectivity index (χ3v) is 3.98. The van der Waals surface area contributed by atoms with Crippen LogP contribution < -0.4 is 10.6 Å². The van der Waals surface area contributed by atoms with Crippen molar-refractivity contribution in [2.45, 2.75) is 37.8 Å². The molecule has 1 saturated heterocycles. The SMILES string of the molecule is N#Cc1cccc(NC(=O)N2CCCC2C(=O)NC2CC2)c1. The number of hydrogen-bond donors (Lipinski definition) is 2. The molecule has 1 heterocycles. The Bertz CT molecular complexity index is 633. The Morgan fingerprint density at radius 3 is 2.82 bits per heavy atom. The molecule has 3 rings (SSSR count). The molecule has 6 heteroatoms. The van der Waals surface area contributed by atoms with Crippen molar-refractivity contribution < 1.29 is 9.59 Å². The monoisotopic (exact) mass is 298 g/mol. The van der Waals surface area contributed by atoms with Crippen LogP contribution in [-0.2, 0) is 4.79 Å². The Hall–Kier alpha value is -2.55. The number of nitriles is 1. The Balaban J connectivity index is 1.65. The highest BCUT2D eigenvalue weighted by atomic mass is 16.2. The average molecular weight is 298 g/mol. The quantitative estimate of drug-likeness (QED) is 0.892. The maximum absolute atomic E-state index is 12.4. The molecular formula is C16H18N4O2. The van der Waals surface area contributed by atoms with Gasteiger partial charge in [0, 0.05) is 18.3 Å². The molecular weight excluding hydrogens is 280 g/mol. The third kappa shape index (κ3) is 3.19. The van der Waals surface area contributed by atoms with Gasteiger partial charge in [0.15, 0.2) is 0 Å². The second kappa shape index (κ2) is 6.06. The van der Waals surface area contributed by atoms with Crippen LogP contribution in [-0.4, -0.2) is 35.5 Å². The standard InChI is InChI=1S/C16H18N4O2/c17-10-11-3-1-4-13(9-11)19-16(22)20-8-2-5-14(20)15(21)18-12-6-7-12/h1,3-4,9,12,14H,2,5-8H2,(H,18,21)(H,19,22). The first-order valence-corrected chi connectivity index (χ1v) is 7.55. The van der Waals surface area contributed by atoms with E-state index in [4.69, 9.17) is 5.26 Å². The molecule has 1 aliphatic heterocycles. The number of hydrogen-bond acceptors (Lipinski definition) is 3. The third-order valence-electron chi connectivity index (χ3n) is 3.98. The zero-order valence-electron chi connectivity index (χ0n) is 12.2. The van der Waals surface area contributed by atoms with Crippen LogP contribution in [0.15, 0.2) is 24.3 Å². The minimum absolute atomic E-state index is 0.0547. The molecule has 0 spiro atoms. The molecule has 1 saturated carbocycles. The first kappa shape index (κ1) is 14.4. The summed E-state index contributed by atoms with van der Waals surface area (Å²) < 4.78 is 0. The molecule has 2 fully saturated rings. The van der Waals surface area contributed by atoms with E-state index in [1.54, 1.807) is 29.2 Å². The summed E-state index contributed by atoms with van der Waals surface area (Å²) in [5.74, 6) is -0.0547. The van der Waals surface area contributed by atoms with Crippen molar-refractivity contribution in [3.8, 4) is 6.07 Å². The lowest BCUT2D eigenvalue weighted by atomic mass is 10.2. The number of carbonyl (C=O) groups excluding carboxylic acids is 2. The molecule has 2 N–H and O–H groups in total. The minimum Gasteiger partial charge on any atom is -0.352 e. The van der Waals surface area contributed by atoms with Crippen LogP contribution in [0.3, 0.4) is 0 Å². The van der Waals surface area contributed by atoms with E-state index in [1.165, 1.54) is 0 Å². The van der Waals surface area contributed by atoms with Crippen molar-refractivity contribution in [3.63, 3.8) is 0 Å². The molecule has 1 aromatic rings. The van der Waals surface area contributed by atoms with Crippen LogP contribution in [0.5, 0.6) is 0 Å². The molecule has 114 valence electrons. The molecule has 6 nitrogen and oxygen atoms in total. The fourth-order valence-corrected chi connectivity index (χ4v) is 2.67. The van der Waals surface area contributed by atoms with Crippen LogP contribution in [0, 0.1) is 11.3 Å². The van der Waals surface area contributed by atoms with E-state index in [1.807, 2.05) is 6.07 Å². The van der Waals surface area contributed by atoms with Gasteiger partial charge < -0.3 is 15.5 Å². The lowest BCUT2D eigenvalue weighted by Crippen LogP contribution is -2.48. The largest absolute Gasteiger partial charge is 0.352 e. The van der Waals surface area contributed by atoms with E-state index < -0.39 is 0 Å². The van der Waals surface area contributed by atoms with Crippen molar-refractivity contribution >= 4 is 17.6 Å². The molecule has 0 radical (unpaired) electrons. The van der Waals surface area contributed by atoms with Crippen LogP contribution in [0.2, 0.25) is 0 Å². The summed E-state index contributed by atoms with van der Waals surface area (Å²) in [6.07, 6.45) is 3.59. The van der Waals surface area contributed by atoms with E-state index in [9.17, 15) is 9.59 Å². The Morgan fingerprint density at radius 2 is 2.09 bits per heavy atom. The molecule has 1 atom stereocenters. The number of carbonyl (C=O) groups is 2. The highest BCUT2D eigenvalue weighted by molar-refractivity contribution is 5.94. The van der Waals surface area contributed by atoms with Crippen molar-refractivity contribution in [2.75, 3.05) is 11.9 Å². The zero-order valence-corrected chi connectivity index (χ0v) is 12.2. The second-order valence-electron chi connectivity index (χ2n) is 5.76. The van der Waals surface area contributed by atoms with E-state index in [0.29, 0.717) is 30.3 Å². The highest BCUT2D eigenvalue weighted by Crippen LogP contribution is 2.23. The molecule has 3 amide bonds. The molecule has 22 heavy (non-hydrogen) atoms. The predicted molar refractivity (Wildman–Crippen MR) is 81.1 cm³/mol. The summed E-state index contributed by atoms with van der Waals surface area (Å²) in [6.45, 7) is 0.576. The van der Waals surface area contributed by atoms with Gasteiger partial charge in [0.2, 0.25) is 5.91 Å². The van der Waals surface area contributed by atoms with Gasteiger partial charge in [0.1, 0.15) is 6.04 Å². The topological polar surface area (TPSA) is 85.2 Å². The van der Waals surface area contributed by atoms with Gasteiger partial charge in [-0.05, 0) is 43.9 Å². The van der Waals surface area contributed by atoms with Crippen molar-refractivity contribution in [1.29, 1.82) is 5.26 Å². The van der Waals surface area contributed by atoms with E-state index in [-0.39, 0.29) is 18.0 Å². The van der Waals surface area contributed by atoms with Gasteiger partial charge in [-0.15, -0.1) is 0 Å². The van der Waals surface area contributed by atoms with E-state index >= 15 is 0 Å². The van der Waals surface area contributed by atoms with Crippen LogP contribution in [0.1, 0.15) is 31.2 Å². The van der Waals surface area contributed by atoms with Crippen molar-refractivity contribution in [3.05, 3.63) is 29.8 Å². The van der Waals surface area contributed by atoms with Crippen LogP contribution in [0.25, 0.3) is 0 Å². The van der Waals surface area contributed by atoms with Crippen LogP contribution >= 0.6 is 0 Å². The smallest absolute Gasteiger partial charge is 0.322 e. The van der Waals surface area contributed by atoms with Crippen LogP contribution in [0.4, 0.5) is 10.5 Å². The lowest BCUT2D eigenvalue weighted by Gasteiger charge is -2.24. The lowest BCUT2D eigenvalue weighted by molar-refractivity contribution is -0.124. The van der Waals surface area contributed by atoms with Crippen molar-refractivity contribution in [1.82, 2.24) is 10.2 Å². The molecule has 0 aromatic heterocycles. The number of rotatable bonds is 3. The summed E-state index contributed by atoms with van der Waals surface area (Å²) in [5.41, 5.74) is 1.06. The van der Waals surface area contributed by atoms with Gasteiger partial charge in [-0.25, -0.2) is 4.79 Å². The Labute approximate surface area is 129 Å². The zero-order chi connectivity index (χ0) is 15.5. The molecule has 1 aromatic carbocycles. The fraction of sp³-hybridized carbons (Fsp3) is 0.438. The van der Waals surface area contributed by atoms with E-state index in [0.717, 1.165) is 19.3 Å². The normalized spacial score (nSPS) is 20.3. The number of nitrogens with zero attached hydrogens (tertiary/aromatic N) is 2.